The van der Waals surface area contributed by atoms with E-state index < -0.39 is 0 Å². The lowest BCUT2D eigenvalue weighted by Crippen LogP contribution is -2.38. The molecule has 1 aromatic carbocycles. The summed E-state index contributed by atoms with van der Waals surface area (Å²) in [5, 5.41) is 6.74. The van der Waals surface area contributed by atoms with Gasteiger partial charge in [0.1, 0.15) is 0 Å². The van der Waals surface area contributed by atoms with E-state index in [1.807, 2.05) is 12.5 Å². The van der Waals surface area contributed by atoms with E-state index in [9.17, 15) is 0 Å². The van der Waals surface area contributed by atoms with E-state index in [-0.39, 0.29) is 24.0 Å². The van der Waals surface area contributed by atoms with Gasteiger partial charge in [0.15, 0.2) is 5.96 Å². The first kappa shape index (κ1) is 24.7. The molecule has 1 aromatic heterocycles. The number of nitrogens with zero attached hydrogens (tertiary/aromatic N) is 3. The number of halogens is 1. The van der Waals surface area contributed by atoms with Gasteiger partial charge in [-0.2, -0.15) is 0 Å². The molecule has 0 amide bonds. The molecule has 2 aromatic rings. The van der Waals surface area contributed by atoms with Gasteiger partial charge in [-0.05, 0) is 37.3 Å². The zero-order chi connectivity index (χ0) is 20.2. The van der Waals surface area contributed by atoms with E-state index in [1.165, 1.54) is 43.2 Å². The van der Waals surface area contributed by atoms with Gasteiger partial charge in [0.25, 0.3) is 0 Å². The van der Waals surface area contributed by atoms with Crippen LogP contribution in [0.1, 0.15) is 56.6 Å². The summed E-state index contributed by atoms with van der Waals surface area (Å²) in [6.07, 6.45) is 13.6. The predicted molar refractivity (Wildman–Crippen MR) is 133 cm³/mol. The fourth-order valence-corrected chi connectivity index (χ4v) is 3.61. The Hall–Kier alpha value is -1.61. The molecular formula is C23H36IN5O. The summed E-state index contributed by atoms with van der Waals surface area (Å²) in [6, 6.07) is 8.62. The molecule has 1 aliphatic rings. The molecule has 1 aliphatic carbocycles. The number of nitrogens with one attached hydrogen (secondary N) is 2. The highest BCUT2D eigenvalue weighted by molar-refractivity contribution is 14.0. The van der Waals surface area contributed by atoms with Crippen LogP contribution in [0.3, 0.4) is 0 Å². The third-order valence-corrected chi connectivity index (χ3v) is 5.23. The minimum Gasteiger partial charge on any atom is -0.378 e. The van der Waals surface area contributed by atoms with Crippen LogP contribution in [0.15, 0.2) is 48.0 Å². The number of hydrogen-bond acceptors (Lipinski definition) is 3. The van der Waals surface area contributed by atoms with Gasteiger partial charge in [-0.1, -0.05) is 43.5 Å². The van der Waals surface area contributed by atoms with Crippen molar-refractivity contribution < 1.29 is 4.74 Å². The van der Waals surface area contributed by atoms with Gasteiger partial charge < -0.3 is 19.9 Å². The first-order chi connectivity index (χ1) is 14.3. The molecule has 7 heteroatoms. The maximum atomic E-state index is 6.00. The summed E-state index contributed by atoms with van der Waals surface area (Å²) in [4.78, 5) is 8.80. The van der Waals surface area contributed by atoms with Crippen molar-refractivity contribution in [3.05, 3.63) is 54.1 Å². The van der Waals surface area contributed by atoms with Crippen molar-refractivity contribution in [2.24, 2.45) is 4.99 Å². The van der Waals surface area contributed by atoms with Crippen molar-refractivity contribution in [3.8, 4) is 0 Å². The lowest BCUT2D eigenvalue weighted by molar-refractivity contribution is 0.0277. The minimum absolute atomic E-state index is 0. The van der Waals surface area contributed by atoms with E-state index >= 15 is 0 Å². The molecular weight excluding hydrogens is 489 g/mol. The zero-order valence-electron chi connectivity index (χ0n) is 18.1. The molecule has 0 radical (unpaired) electrons. The van der Waals surface area contributed by atoms with E-state index in [0.717, 1.165) is 38.6 Å². The average Bonchev–Trinajstić information content (AvgIpc) is 3.26. The molecule has 0 aliphatic heterocycles. The third-order valence-electron chi connectivity index (χ3n) is 5.23. The van der Waals surface area contributed by atoms with Crippen LogP contribution >= 0.6 is 24.0 Å². The number of guanidine groups is 1. The SMILES string of the molecule is CCNC(=NCc1ccc(Cn2ccnc2)cc1)NCCCOC1CCCCC1.I. The Kier molecular flexibility index (Phi) is 11.8. The van der Waals surface area contributed by atoms with Gasteiger partial charge in [-0.3, -0.25) is 0 Å². The van der Waals surface area contributed by atoms with E-state index in [0.29, 0.717) is 12.6 Å². The Balaban J connectivity index is 0.00000320. The van der Waals surface area contributed by atoms with E-state index in [4.69, 9.17) is 9.73 Å². The summed E-state index contributed by atoms with van der Waals surface area (Å²) < 4.78 is 8.06. The van der Waals surface area contributed by atoms with Crippen LogP contribution in [0.2, 0.25) is 0 Å². The minimum atomic E-state index is 0. The monoisotopic (exact) mass is 525 g/mol. The lowest BCUT2D eigenvalue weighted by atomic mass is 9.98. The van der Waals surface area contributed by atoms with Crippen molar-refractivity contribution >= 4 is 29.9 Å². The average molecular weight is 525 g/mol. The van der Waals surface area contributed by atoms with Crippen LogP contribution in [0.4, 0.5) is 0 Å². The van der Waals surface area contributed by atoms with Gasteiger partial charge in [-0.25, -0.2) is 9.98 Å². The smallest absolute Gasteiger partial charge is 0.191 e. The summed E-state index contributed by atoms with van der Waals surface area (Å²) in [6.45, 7) is 6.16. The number of hydrogen-bond donors (Lipinski definition) is 2. The van der Waals surface area contributed by atoms with Crippen LogP contribution in [-0.4, -0.2) is 41.3 Å². The van der Waals surface area contributed by atoms with Crippen LogP contribution in [0.25, 0.3) is 0 Å². The molecule has 6 nitrogen and oxygen atoms in total. The summed E-state index contributed by atoms with van der Waals surface area (Å²) >= 11 is 0. The Labute approximate surface area is 197 Å². The largest absolute Gasteiger partial charge is 0.378 e. The zero-order valence-corrected chi connectivity index (χ0v) is 20.4. The molecule has 3 rings (SSSR count). The molecule has 0 bridgehead atoms. The molecule has 166 valence electrons. The first-order valence-electron chi connectivity index (χ1n) is 11.0. The van der Waals surface area contributed by atoms with Crippen molar-refractivity contribution in [3.63, 3.8) is 0 Å². The highest BCUT2D eigenvalue weighted by Gasteiger charge is 2.12. The Bertz CT molecular complexity index is 712. The fourth-order valence-electron chi connectivity index (χ4n) is 3.61. The van der Waals surface area contributed by atoms with Crippen LogP contribution < -0.4 is 10.6 Å². The maximum Gasteiger partial charge on any atom is 0.191 e. The number of benzene rings is 1. The Morgan fingerprint density at radius 2 is 1.90 bits per heavy atom. The third kappa shape index (κ3) is 9.04. The topological polar surface area (TPSA) is 63.5 Å². The van der Waals surface area contributed by atoms with Gasteiger partial charge in [-0.15, -0.1) is 24.0 Å². The number of aliphatic imine (C=N–C) groups is 1. The summed E-state index contributed by atoms with van der Waals surface area (Å²) in [5.41, 5.74) is 2.47. The number of rotatable bonds is 10. The van der Waals surface area contributed by atoms with Crippen molar-refractivity contribution in [2.75, 3.05) is 19.7 Å². The molecule has 0 spiro atoms. The molecule has 0 unspecified atom stereocenters. The normalized spacial score (nSPS) is 14.9. The van der Waals surface area contributed by atoms with Gasteiger partial charge in [0, 0.05) is 38.6 Å². The Morgan fingerprint density at radius 1 is 1.13 bits per heavy atom. The second-order valence-electron chi connectivity index (χ2n) is 7.66. The van der Waals surface area contributed by atoms with Crippen LogP contribution in [0, 0.1) is 0 Å². The quantitative estimate of drug-likeness (QED) is 0.210. The highest BCUT2D eigenvalue weighted by Crippen LogP contribution is 2.20. The highest BCUT2D eigenvalue weighted by atomic mass is 127. The van der Waals surface area contributed by atoms with Crippen LogP contribution in [0.5, 0.6) is 0 Å². The molecule has 0 saturated heterocycles. The van der Waals surface area contributed by atoms with Crippen molar-refractivity contribution in [1.82, 2.24) is 20.2 Å². The molecule has 1 saturated carbocycles. The van der Waals surface area contributed by atoms with E-state index in [1.54, 1.807) is 6.20 Å². The molecule has 0 atom stereocenters. The predicted octanol–water partition coefficient (Wildman–Crippen LogP) is 4.34. The Morgan fingerprint density at radius 3 is 2.60 bits per heavy atom. The van der Waals surface area contributed by atoms with Crippen LogP contribution in [-0.2, 0) is 17.8 Å². The summed E-state index contributed by atoms with van der Waals surface area (Å²) in [5.74, 6) is 0.868. The lowest BCUT2D eigenvalue weighted by Gasteiger charge is -2.22. The second-order valence-corrected chi connectivity index (χ2v) is 7.66. The number of aromatic nitrogens is 2. The van der Waals surface area contributed by atoms with Crippen molar-refractivity contribution in [2.45, 2.75) is 64.6 Å². The molecule has 30 heavy (non-hydrogen) atoms. The first-order valence-corrected chi connectivity index (χ1v) is 11.0. The van der Waals surface area contributed by atoms with Crippen molar-refractivity contribution in [1.29, 1.82) is 0 Å². The molecule has 1 heterocycles. The number of imidazole rings is 1. The maximum absolute atomic E-state index is 6.00. The van der Waals surface area contributed by atoms with Gasteiger partial charge in [0.05, 0.1) is 19.0 Å². The van der Waals surface area contributed by atoms with Gasteiger partial charge >= 0.3 is 0 Å². The number of ether oxygens (including phenoxy) is 1. The summed E-state index contributed by atoms with van der Waals surface area (Å²) in [7, 11) is 0. The standard InChI is InChI=1S/C23H35N5O.HI/c1-2-25-23(26-13-6-16-29-22-7-4-3-5-8-22)27-17-20-9-11-21(12-10-20)18-28-15-14-24-19-28;/h9-12,14-15,19,22H,2-8,13,16-18H2,1H3,(H2,25,26,27);1H. The molecule has 2 N–H and O–H groups in total. The van der Waals surface area contributed by atoms with Gasteiger partial charge in [0.2, 0.25) is 0 Å². The molecule has 1 fully saturated rings. The van der Waals surface area contributed by atoms with E-state index in [2.05, 4.69) is 51.4 Å². The second kappa shape index (κ2) is 14.4. The fraction of sp³-hybridized carbons (Fsp3) is 0.565.